The number of nitrogens with one attached hydrogen (secondary N) is 2. The van der Waals surface area contributed by atoms with Crippen molar-refractivity contribution in [3.8, 4) is 0 Å². The van der Waals surface area contributed by atoms with E-state index in [0.717, 1.165) is 11.3 Å². The fourth-order valence-electron chi connectivity index (χ4n) is 1.98. The maximum Gasteiger partial charge on any atom is 0.243 e. The number of ketones is 1. The number of carbonyl (C=O) groups excluding carboxylic acids is 2. The van der Waals surface area contributed by atoms with E-state index >= 15 is 0 Å². The number of carbonyl (C=O) groups is 2. The lowest BCUT2D eigenvalue weighted by Gasteiger charge is -2.11. The minimum absolute atomic E-state index is 0.0382. The van der Waals surface area contributed by atoms with Gasteiger partial charge in [0.25, 0.3) is 0 Å². The van der Waals surface area contributed by atoms with Gasteiger partial charge >= 0.3 is 0 Å². The number of hydrogen-bond donors (Lipinski definition) is 2. The summed E-state index contributed by atoms with van der Waals surface area (Å²) in [6.45, 7) is 3.54. The van der Waals surface area contributed by atoms with Crippen molar-refractivity contribution in [1.29, 1.82) is 0 Å². The van der Waals surface area contributed by atoms with Gasteiger partial charge in [0.1, 0.15) is 0 Å². The van der Waals surface area contributed by atoms with Gasteiger partial charge in [-0.15, -0.1) is 0 Å². The molecule has 2 rings (SSSR count). The molecule has 5 heteroatoms. The highest BCUT2D eigenvalue weighted by Gasteiger charge is 2.06. The zero-order valence-corrected chi connectivity index (χ0v) is 13.2. The molecule has 0 aromatic heterocycles. The Labute approximate surface area is 134 Å². The van der Waals surface area contributed by atoms with Crippen molar-refractivity contribution < 1.29 is 9.59 Å². The molecule has 0 radical (unpaired) electrons. The summed E-state index contributed by atoms with van der Waals surface area (Å²) < 4.78 is 0. The Balaban J connectivity index is 1.97. The van der Waals surface area contributed by atoms with Crippen molar-refractivity contribution >= 4 is 34.7 Å². The molecule has 0 unspecified atom stereocenters. The molecular weight excluding hydrogens is 300 g/mol. The van der Waals surface area contributed by atoms with E-state index in [-0.39, 0.29) is 18.2 Å². The van der Waals surface area contributed by atoms with Gasteiger partial charge in [-0.1, -0.05) is 29.8 Å². The van der Waals surface area contributed by atoms with Gasteiger partial charge in [0, 0.05) is 22.0 Å². The van der Waals surface area contributed by atoms with E-state index < -0.39 is 0 Å². The molecule has 0 saturated heterocycles. The highest BCUT2D eigenvalue weighted by molar-refractivity contribution is 6.30. The molecule has 0 aliphatic rings. The lowest BCUT2D eigenvalue weighted by Crippen LogP contribution is -2.22. The summed E-state index contributed by atoms with van der Waals surface area (Å²) in [5.41, 5.74) is 3.00. The fourth-order valence-corrected chi connectivity index (χ4v) is 2.15. The standard InChI is InChI=1S/C17H17ClN2O2/c1-11-6-7-14(18)9-16(11)19-10-17(22)20-15-5-3-4-13(8-15)12(2)21/h3-9,19H,10H2,1-2H3,(H,20,22). The third kappa shape index (κ3) is 4.33. The SMILES string of the molecule is CC(=O)c1cccc(NC(=O)CNc2cc(Cl)ccc2C)c1. The first kappa shape index (κ1) is 16.0. The van der Waals surface area contributed by atoms with Gasteiger partial charge in [-0.25, -0.2) is 0 Å². The molecule has 0 atom stereocenters. The minimum atomic E-state index is -0.194. The minimum Gasteiger partial charge on any atom is -0.376 e. The first-order valence-electron chi connectivity index (χ1n) is 6.86. The smallest absolute Gasteiger partial charge is 0.243 e. The van der Waals surface area contributed by atoms with E-state index in [9.17, 15) is 9.59 Å². The first-order chi connectivity index (χ1) is 10.5. The van der Waals surface area contributed by atoms with Gasteiger partial charge in [0.15, 0.2) is 5.78 Å². The van der Waals surface area contributed by atoms with Crippen molar-refractivity contribution in [3.63, 3.8) is 0 Å². The predicted octanol–water partition coefficient (Wildman–Crippen LogP) is 3.90. The summed E-state index contributed by atoms with van der Waals surface area (Å²) >= 11 is 5.94. The van der Waals surface area contributed by atoms with Crippen molar-refractivity contribution in [3.05, 3.63) is 58.6 Å². The zero-order valence-electron chi connectivity index (χ0n) is 12.4. The van der Waals surface area contributed by atoms with Crippen LogP contribution in [0.25, 0.3) is 0 Å². The number of halogens is 1. The van der Waals surface area contributed by atoms with Crippen molar-refractivity contribution in [2.75, 3.05) is 17.2 Å². The van der Waals surface area contributed by atoms with Crippen LogP contribution in [0.1, 0.15) is 22.8 Å². The van der Waals surface area contributed by atoms with E-state index in [2.05, 4.69) is 10.6 Å². The maximum absolute atomic E-state index is 12.0. The van der Waals surface area contributed by atoms with Crippen molar-refractivity contribution in [1.82, 2.24) is 0 Å². The molecule has 2 aromatic rings. The van der Waals surface area contributed by atoms with Crippen LogP contribution in [0.15, 0.2) is 42.5 Å². The molecule has 2 aromatic carbocycles. The molecule has 0 fully saturated rings. The quantitative estimate of drug-likeness (QED) is 0.822. The number of rotatable bonds is 5. The Kier molecular flexibility index (Phi) is 5.17. The molecule has 0 saturated carbocycles. The van der Waals surface area contributed by atoms with Gasteiger partial charge < -0.3 is 10.6 Å². The van der Waals surface area contributed by atoms with E-state index in [0.29, 0.717) is 16.3 Å². The van der Waals surface area contributed by atoms with Gasteiger partial charge in [0.2, 0.25) is 5.91 Å². The number of aryl methyl sites for hydroxylation is 1. The van der Waals surface area contributed by atoms with E-state index in [1.54, 1.807) is 36.4 Å². The Morgan fingerprint density at radius 2 is 1.91 bits per heavy atom. The number of Topliss-reactive ketones (excluding diaryl/α,β-unsaturated/α-hetero) is 1. The molecule has 0 spiro atoms. The molecule has 4 nitrogen and oxygen atoms in total. The van der Waals surface area contributed by atoms with Crippen LogP contribution in [-0.4, -0.2) is 18.2 Å². The van der Waals surface area contributed by atoms with Gasteiger partial charge in [-0.05, 0) is 43.7 Å². The largest absolute Gasteiger partial charge is 0.376 e. The molecular formula is C17H17ClN2O2. The number of hydrogen-bond acceptors (Lipinski definition) is 3. The molecule has 114 valence electrons. The second-order valence-corrected chi connectivity index (χ2v) is 5.43. The van der Waals surface area contributed by atoms with E-state index in [1.807, 2.05) is 13.0 Å². The second-order valence-electron chi connectivity index (χ2n) is 5.00. The fraction of sp³-hybridized carbons (Fsp3) is 0.176. The molecule has 0 aliphatic heterocycles. The first-order valence-corrected chi connectivity index (χ1v) is 7.24. The summed E-state index contributed by atoms with van der Waals surface area (Å²) in [5.74, 6) is -0.233. The summed E-state index contributed by atoms with van der Waals surface area (Å²) in [7, 11) is 0. The van der Waals surface area contributed by atoms with Crippen LogP contribution in [0.4, 0.5) is 11.4 Å². The Hall–Kier alpha value is -2.33. The van der Waals surface area contributed by atoms with Gasteiger partial charge in [-0.2, -0.15) is 0 Å². The summed E-state index contributed by atoms with van der Waals surface area (Å²) in [6.07, 6.45) is 0. The highest BCUT2D eigenvalue weighted by Crippen LogP contribution is 2.20. The monoisotopic (exact) mass is 316 g/mol. The van der Waals surface area contributed by atoms with Crippen LogP contribution in [0, 0.1) is 6.92 Å². The lowest BCUT2D eigenvalue weighted by atomic mass is 10.1. The normalized spacial score (nSPS) is 10.1. The van der Waals surface area contributed by atoms with Crippen LogP contribution in [0.3, 0.4) is 0 Å². The second kappa shape index (κ2) is 7.09. The third-order valence-electron chi connectivity index (χ3n) is 3.19. The number of anilines is 2. The Morgan fingerprint density at radius 3 is 2.64 bits per heavy atom. The molecule has 1 amide bonds. The maximum atomic E-state index is 12.0. The average molecular weight is 317 g/mol. The van der Waals surface area contributed by atoms with Gasteiger partial charge in [-0.3, -0.25) is 9.59 Å². The topological polar surface area (TPSA) is 58.2 Å². The Bertz CT molecular complexity index is 714. The Morgan fingerprint density at radius 1 is 1.14 bits per heavy atom. The van der Waals surface area contributed by atoms with Crippen LogP contribution >= 0.6 is 11.6 Å². The molecule has 0 bridgehead atoms. The molecule has 2 N–H and O–H groups in total. The van der Waals surface area contributed by atoms with Gasteiger partial charge in [0.05, 0.1) is 6.54 Å². The predicted molar refractivity (Wildman–Crippen MR) is 89.8 cm³/mol. The van der Waals surface area contributed by atoms with E-state index in [1.165, 1.54) is 6.92 Å². The number of amides is 1. The summed E-state index contributed by atoms with van der Waals surface area (Å²) in [6, 6.07) is 12.3. The third-order valence-corrected chi connectivity index (χ3v) is 3.43. The number of benzene rings is 2. The summed E-state index contributed by atoms with van der Waals surface area (Å²) in [5, 5.41) is 6.42. The zero-order chi connectivity index (χ0) is 16.1. The molecule has 0 heterocycles. The molecule has 0 aliphatic carbocycles. The summed E-state index contributed by atoms with van der Waals surface area (Å²) in [4.78, 5) is 23.3. The van der Waals surface area contributed by atoms with Crippen molar-refractivity contribution in [2.45, 2.75) is 13.8 Å². The van der Waals surface area contributed by atoms with E-state index in [4.69, 9.17) is 11.6 Å². The average Bonchev–Trinajstić information content (AvgIpc) is 2.48. The lowest BCUT2D eigenvalue weighted by molar-refractivity contribution is -0.114. The van der Waals surface area contributed by atoms with Crippen LogP contribution < -0.4 is 10.6 Å². The molecule has 22 heavy (non-hydrogen) atoms. The highest BCUT2D eigenvalue weighted by atomic mass is 35.5. The van der Waals surface area contributed by atoms with Crippen LogP contribution in [-0.2, 0) is 4.79 Å². The van der Waals surface area contributed by atoms with Crippen molar-refractivity contribution in [2.24, 2.45) is 0 Å². The van der Waals surface area contributed by atoms with Crippen LogP contribution in [0.2, 0.25) is 5.02 Å². The van der Waals surface area contributed by atoms with Crippen LogP contribution in [0.5, 0.6) is 0 Å².